The van der Waals surface area contributed by atoms with Crippen LogP contribution in [0.5, 0.6) is 0 Å². The highest BCUT2D eigenvalue weighted by Gasteiger charge is 2.14. The topological polar surface area (TPSA) is 56.0 Å². The maximum Gasteiger partial charge on any atom is 0.257 e. The van der Waals surface area contributed by atoms with Crippen molar-refractivity contribution in [3.63, 3.8) is 0 Å². The van der Waals surface area contributed by atoms with Crippen molar-refractivity contribution < 1.29 is 4.79 Å². The van der Waals surface area contributed by atoms with E-state index in [0.29, 0.717) is 17.8 Å². The van der Waals surface area contributed by atoms with Crippen LogP contribution in [0.25, 0.3) is 10.9 Å². The molecular weight excluding hydrogens is 302 g/mol. The zero-order valence-corrected chi connectivity index (χ0v) is 14.0. The molecule has 2 aromatic heterocycles. The lowest BCUT2D eigenvalue weighted by atomic mass is 10.1. The van der Waals surface area contributed by atoms with Gasteiger partial charge in [-0.1, -0.05) is 25.1 Å². The van der Waals surface area contributed by atoms with E-state index < -0.39 is 0 Å². The first kappa shape index (κ1) is 16.1. The lowest BCUT2D eigenvalue weighted by molar-refractivity contribution is 0.102. The maximum atomic E-state index is 12.7. The number of pyridine rings is 1. The Bertz CT molecular complexity index is 937. The second kappa shape index (κ2) is 6.74. The molecule has 0 aliphatic heterocycles. The summed E-state index contributed by atoms with van der Waals surface area (Å²) in [5.74, 6) is -0.167. The molecule has 0 spiro atoms. The zero-order chi connectivity index (χ0) is 17.1. The predicted molar refractivity (Wildman–Crippen MR) is 96.6 cm³/mol. The van der Waals surface area contributed by atoms with E-state index in [1.54, 1.807) is 16.8 Å². The summed E-state index contributed by atoms with van der Waals surface area (Å²) in [6.45, 7) is 5.50. The zero-order valence-electron chi connectivity index (χ0n) is 14.0. The number of amides is 1. The van der Waals surface area contributed by atoms with Gasteiger partial charge in [-0.05, 0) is 25.5 Å². The summed E-state index contributed by atoms with van der Waals surface area (Å²) in [6.07, 6.45) is 4.44. The summed E-state index contributed by atoms with van der Waals surface area (Å²) in [6, 6.07) is 11.0. The van der Waals surface area contributed by atoms with Crippen LogP contribution in [-0.2, 0) is 13.1 Å². The van der Waals surface area contributed by atoms with Crippen LogP contribution in [0.4, 0.5) is 5.69 Å². The minimum atomic E-state index is -0.167. The Morgan fingerprint density at radius 3 is 2.58 bits per heavy atom. The molecule has 1 aromatic carbocycles. The molecule has 0 atom stereocenters. The third kappa shape index (κ3) is 2.97. The highest BCUT2D eigenvalue weighted by Crippen LogP contribution is 2.22. The number of aromatic nitrogens is 2. The number of rotatable bonds is 5. The molecule has 0 fully saturated rings. The van der Waals surface area contributed by atoms with Gasteiger partial charge >= 0.3 is 0 Å². The first-order chi connectivity index (χ1) is 11.6. The van der Waals surface area contributed by atoms with Crippen molar-refractivity contribution in [1.29, 1.82) is 0 Å². The first-order valence-corrected chi connectivity index (χ1v) is 8.23. The van der Waals surface area contributed by atoms with Crippen LogP contribution in [0.1, 0.15) is 30.6 Å². The minimum Gasteiger partial charge on any atom is -0.347 e. The Morgan fingerprint density at radius 2 is 1.83 bits per heavy atom. The summed E-state index contributed by atoms with van der Waals surface area (Å²) < 4.78 is 3.67. The normalized spacial score (nSPS) is 10.9. The van der Waals surface area contributed by atoms with Crippen molar-refractivity contribution in [2.24, 2.45) is 0 Å². The molecule has 3 rings (SSSR count). The third-order valence-electron chi connectivity index (χ3n) is 4.08. The summed E-state index contributed by atoms with van der Waals surface area (Å²) in [7, 11) is 0. The van der Waals surface area contributed by atoms with Crippen LogP contribution in [0.15, 0.2) is 53.6 Å². The van der Waals surface area contributed by atoms with Crippen molar-refractivity contribution in [1.82, 2.24) is 9.13 Å². The van der Waals surface area contributed by atoms with E-state index in [-0.39, 0.29) is 11.5 Å². The molecule has 5 nitrogen and oxygen atoms in total. The van der Waals surface area contributed by atoms with Crippen LogP contribution in [0.3, 0.4) is 0 Å². The molecule has 0 saturated heterocycles. The van der Waals surface area contributed by atoms with E-state index in [1.165, 1.54) is 6.07 Å². The van der Waals surface area contributed by atoms with Gasteiger partial charge in [-0.15, -0.1) is 0 Å². The number of nitrogens with zero attached hydrogens (tertiary/aromatic N) is 2. The molecule has 2 heterocycles. The molecule has 5 heteroatoms. The molecule has 1 amide bonds. The number of hydrogen-bond acceptors (Lipinski definition) is 2. The van der Waals surface area contributed by atoms with Crippen LogP contribution in [0, 0.1) is 0 Å². The maximum absolute atomic E-state index is 12.7. The van der Waals surface area contributed by atoms with Gasteiger partial charge in [0.1, 0.15) is 0 Å². The fraction of sp³-hybridized carbons (Fsp3) is 0.263. The fourth-order valence-corrected chi connectivity index (χ4v) is 2.91. The number of benzene rings is 1. The van der Waals surface area contributed by atoms with E-state index in [1.807, 2.05) is 37.4 Å². The average Bonchev–Trinajstić information content (AvgIpc) is 2.97. The summed E-state index contributed by atoms with van der Waals surface area (Å²) in [5.41, 5.74) is 2.25. The van der Waals surface area contributed by atoms with Gasteiger partial charge in [0, 0.05) is 42.5 Å². The van der Waals surface area contributed by atoms with Gasteiger partial charge < -0.3 is 14.5 Å². The fourth-order valence-electron chi connectivity index (χ4n) is 2.91. The van der Waals surface area contributed by atoms with Gasteiger partial charge in [-0.25, -0.2) is 0 Å². The highest BCUT2D eigenvalue weighted by molar-refractivity contribution is 6.12. The monoisotopic (exact) mass is 323 g/mol. The van der Waals surface area contributed by atoms with Crippen molar-refractivity contribution in [2.75, 3.05) is 5.32 Å². The van der Waals surface area contributed by atoms with Crippen molar-refractivity contribution in [2.45, 2.75) is 33.4 Å². The number of hydrogen-bond donors (Lipinski definition) is 1. The van der Waals surface area contributed by atoms with Crippen molar-refractivity contribution >= 4 is 22.5 Å². The Hall–Kier alpha value is -2.82. The number of para-hydroxylation sites is 1. The number of carbonyl (C=O) groups excluding carboxylic acids is 1. The quantitative estimate of drug-likeness (QED) is 0.781. The average molecular weight is 323 g/mol. The van der Waals surface area contributed by atoms with Crippen LogP contribution < -0.4 is 10.9 Å². The van der Waals surface area contributed by atoms with Gasteiger partial charge in [0.05, 0.1) is 11.3 Å². The second-order valence-corrected chi connectivity index (χ2v) is 5.75. The molecule has 24 heavy (non-hydrogen) atoms. The Kier molecular flexibility index (Phi) is 4.51. The Labute approximate surface area is 140 Å². The lowest BCUT2D eigenvalue weighted by Gasteiger charge is -2.08. The van der Waals surface area contributed by atoms with Gasteiger partial charge in [0.2, 0.25) is 0 Å². The van der Waals surface area contributed by atoms with Crippen LogP contribution in [0.2, 0.25) is 0 Å². The smallest absolute Gasteiger partial charge is 0.257 e. The molecule has 0 saturated carbocycles. The van der Waals surface area contributed by atoms with E-state index >= 15 is 0 Å². The van der Waals surface area contributed by atoms with Crippen LogP contribution in [-0.4, -0.2) is 15.0 Å². The van der Waals surface area contributed by atoms with E-state index in [2.05, 4.69) is 16.8 Å². The van der Waals surface area contributed by atoms with Gasteiger partial charge in [0.15, 0.2) is 0 Å². The molecule has 0 aliphatic rings. The number of aryl methyl sites for hydroxylation is 2. The number of nitrogens with one attached hydrogen (secondary N) is 1. The molecule has 1 N–H and O–H groups in total. The Balaban J connectivity index is 1.93. The number of carbonyl (C=O) groups is 1. The molecular formula is C19H21N3O2. The lowest BCUT2D eigenvalue weighted by Crippen LogP contribution is -2.20. The number of anilines is 1. The van der Waals surface area contributed by atoms with Gasteiger partial charge in [-0.3, -0.25) is 9.59 Å². The van der Waals surface area contributed by atoms with E-state index in [0.717, 1.165) is 23.9 Å². The predicted octanol–water partition coefficient (Wildman–Crippen LogP) is 3.49. The SMILES string of the molecule is CCCn1cc(NC(=O)c2cn(CC)c3ccccc23)ccc1=O. The molecule has 0 unspecified atom stereocenters. The summed E-state index contributed by atoms with van der Waals surface area (Å²) in [4.78, 5) is 24.5. The summed E-state index contributed by atoms with van der Waals surface area (Å²) in [5, 5.41) is 3.83. The number of fused-ring (bicyclic) bond motifs is 1. The molecule has 124 valence electrons. The molecule has 0 bridgehead atoms. The van der Waals surface area contributed by atoms with Gasteiger partial charge in [0.25, 0.3) is 11.5 Å². The second-order valence-electron chi connectivity index (χ2n) is 5.75. The third-order valence-corrected chi connectivity index (χ3v) is 4.08. The van der Waals surface area contributed by atoms with Crippen LogP contribution >= 0.6 is 0 Å². The summed E-state index contributed by atoms with van der Waals surface area (Å²) >= 11 is 0. The van der Waals surface area contributed by atoms with E-state index in [9.17, 15) is 9.59 Å². The molecule has 3 aromatic rings. The highest BCUT2D eigenvalue weighted by atomic mass is 16.1. The van der Waals surface area contributed by atoms with Crippen molar-refractivity contribution in [3.8, 4) is 0 Å². The Morgan fingerprint density at radius 1 is 1.04 bits per heavy atom. The van der Waals surface area contributed by atoms with Crippen molar-refractivity contribution in [3.05, 3.63) is 64.7 Å². The largest absolute Gasteiger partial charge is 0.347 e. The first-order valence-electron chi connectivity index (χ1n) is 8.23. The molecule has 0 aliphatic carbocycles. The standard InChI is InChI=1S/C19H21N3O2/c1-3-11-22-12-14(9-10-18(22)23)20-19(24)16-13-21(4-2)17-8-6-5-7-15(16)17/h5-10,12-13H,3-4,11H2,1-2H3,(H,20,24). The molecule has 0 radical (unpaired) electrons. The van der Waals surface area contributed by atoms with Gasteiger partial charge in [-0.2, -0.15) is 0 Å². The minimum absolute atomic E-state index is 0.0579. The van der Waals surface area contributed by atoms with E-state index in [4.69, 9.17) is 0 Å².